The van der Waals surface area contributed by atoms with Crippen LogP contribution in [0.3, 0.4) is 0 Å². The minimum absolute atomic E-state index is 0.0514. The van der Waals surface area contributed by atoms with Crippen LogP contribution < -0.4 is 5.56 Å². The number of rotatable bonds is 0. The lowest BCUT2D eigenvalue weighted by Gasteiger charge is -1.95. The molecule has 1 heterocycles. The molecule has 0 aliphatic heterocycles. The average Bonchev–Trinajstić information content (AvgIpc) is 2.03. The molecule has 0 saturated carbocycles. The number of pyridine rings is 1. The van der Waals surface area contributed by atoms with E-state index in [4.69, 9.17) is 0 Å². The van der Waals surface area contributed by atoms with Crippen molar-refractivity contribution in [3.8, 4) is 0 Å². The first-order chi connectivity index (χ1) is 5.75. The number of halogens is 1. The quantitative estimate of drug-likeness (QED) is 0.731. The van der Waals surface area contributed by atoms with Gasteiger partial charge in [-0.2, -0.15) is 0 Å². The molecule has 1 aromatic heterocycles. The van der Waals surface area contributed by atoms with Gasteiger partial charge in [-0.15, -0.1) is 0 Å². The molecule has 2 nitrogen and oxygen atoms in total. The molecule has 0 bridgehead atoms. The second kappa shape index (κ2) is 2.90. The van der Waals surface area contributed by atoms with Crippen molar-refractivity contribution >= 4 is 33.4 Å². The highest BCUT2D eigenvalue weighted by molar-refractivity contribution is 14.1. The van der Waals surface area contributed by atoms with Crippen molar-refractivity contribution in [2.45, 2.75) is 0 Å². The zero-order valence-corrected chi connectivity index (χ0v) is 8.33. The summed E-state index contributed by atoms with van der Waals surface area (Å²) in [6.07, 6.45) is 1.73. The first kappa shape index (κ1) is 7.79. The van der Waals surface area contributed by atoms with Crippen molar-refractivity contribution in [1.29, 1.82) is 0 Å². The van der Waals surface area contributed by atoms with Crippen LogP contribution in [0.5, 0.6) is 0 Å². The predicted octanol–water partition coefficient (Wildman–Crippen LogP) is 2.13. The topological polar surface area (TPSA) is 32.9 Å². The normalized spacial score (nSPS) is 10.4. The van der Waals surface area contributed by atoms with Gasteiger partial charge in [-0.1, -0.05) is 6.07 Å². The lowest BCUT2D eigenvalue weighted by molar-refractivity contribution is 1.27. The molecular weight excluding hydrogens is 265 g/mol. The SMILES string of the molecule is O=c1cc2cc(I)ccc2c[nH]1. The van der Waals surface area contributed by atoms with Gasteiger partial charge in [0.15, 0.2) is 0 Å². The zero-order chi connectivity index (χ0) is 8.55. The minimum atomic E-state index is -0.0514. The molecule has 0 amide bonds. The highest BCUT2D eigenvalue weighted by Crippen LogP contribution is 2.14. The van der Waals surface area contributed by atoms with E-state index < -0.39 is 0 Å². The summed E-state index contributed by atoms with van der Waals surface area (Å²) in [4.78, 5) is 13.6. The van der Waals surface area contributed by atoms with Gasteiger partial charge in [-0.3, -0.25) is 4.79 Å². The van der Waals surface area contributed by atoms with Crippen LogP contribution in [0, 0.1) is 3.57 Å². The number of benzene rings is 1. The van der Waals surface area contributed by atoms with Crippen LogP contribution in [-0.2, 0) is 0 Å². The number of hydrogen-bond donors (Lipinski definition) is 1. The van der Waals surface area contributed by atoms with E-state index in [1.54, 1.807) is 12.3 Å². The number of H-pyrrole nitrogens is 1. The molecule has 1 N–H and O–H groups in total. The van der Waals surface area contributed by atoms with Crippen molar-refractivity contribution in [2.24, 2.45) is 0 Å². The van der Waals surface area contributed by atoms with E-state index in [2.05, 4.69) is 27.6 Å². The van der Waals surface area contributed by atoms with Crippen LogP contribution >= 0.6 is 22.6 Å². The predicted molar refractivity (Wildman–Crippen MR) is 57.3 cm³/mol. The number of fused-ring (bicyclic) bond motifs is 1. The van der Waals surface area contributed by atoms with Gasteiger partial charge in [0, 0.05) is 15.8 Å². The van der Waals surface area contributed by atoms with Gasteiger partial charge in [-0.25, -0.2) is 0 Å². The van der Waals surface area contributed by atoms with Gasteiger partial charge in [0.1, 0.15) is 0 Å². The summed E-state index contributed by atoms with van der Waals surface area (Å²) in [5.74, 6) is 0. The Hall–Kier alpha value is -0.840. The molecule has 1 aromatic carbocycles. The maximum Gasteiger partial charge on any atom is 0.248 e. The number of aromatic nitrogens is 1. The lowest BCUT2D eigenvalue weighted by Crippen LogP contribution is -2.01. The Morgan fingerprint density at radius 1 is 1.17 bits per heavy atom. The standard InChI is InChI=1S/C9H6INO/c10-8-2-1-6-5-11-9(12)4-7(6)3-8/h1-5H,(H,11,12). The maximum atomic E-state index is 10.9. The summed E-state index contributed by atoms with van der Waals surface area (Å²) in [6, 6.07) is 7.61. The highest BCUT2D eigenvalue weighted by Gasteiger charge is 1.93. The van der Waals surface area contributed by atoms with E-state index in [1.165, 1.54) is 0 Å². The van der Waals surface area contributed by atoms with Gasteiger partial charge in [-0.05, 0) is 45.5 Å². The Morgan fingerprint density at radius 2 is 2.00 bits per heavy atom. The van der Waals surface area contributed by atoms with Crippen LogP contribution in [0.2, 0.25) is 0 Å². The Balaban J connectivity index is 2.89. The average molecular weight is 271 g/mol. The molecule has 0 spiro atoms. The summed E-state index contributed by atoms with van der Waals surface area (Å²) in [7, 11) is 0. The minimum Gasteiger partial charge on any atom is -0.328 e. The third-order valence-electron chi connectivity index (χ3n) is 1.71. The van der Waals surface area contributed by atoms with Crippen molar-refractivity contribution < 1.29 is 0 Å². The van der Waals surface area contributed by atoms with E-state index in [1.807, 2.05) is 18.2 Å². The second-order valence-corrected chi connectivity index (χ2v) is 3.82. The van der Waals surface area contributed by atoms with Crippen LogP contribution in [0.15, 0.2) is 35.3 Å². The fraction of sp³-hybridized carbons (Fsp3) is 0. The molecule has 0 unspecified atom stereocenters. The molecule has 2 aromatic rings. The zero-order valence-electron chi connectivity index (χ0n) is 6.17. The number of aromatic amines is 1. The van der Waals surface area contributed by atoms with E-state index in [0.717, 1.165) is 14.3 Å². The van der Waals surface area contributed by atoms with Crippen molar-refractivity contribution in [2.75, 3.05) is 0 Å². The molecular formula is C9H6INO. The van der Waals surface area contributed by atoms with Crippen molar-refractivity contribution in [1.82, 2.24) is 4.98 Å². The first-order valence-corrected chi connectivity index (χ1v) is 4.61. The van der Waals surface area contributed by atoms with Gasteiger partial charge in [0.2, 0.25) is 5.56 Å². The van der Waals surface area contributed by atoms with Gasteiger partial charge >= 0.3 is 0 Å². The van der Waals surface area contributed by atoms with Crippen LogP contribution in [0.1, 0.15) is 0 Å². The van der Waals surface area contributed by atoms with Crippen LogP contribution in [-0.4, -0.2) is 4.98 Å². The van der Waals surface area contributed by atoms with E-state index in [-0.39, 0.29) is 5.56 Å². The summed E-state index contributed by atoms with van der Waals surface area (Å²) in [5, 5.41) is 2.06. The summed E-state index contributed by atoms with van der Waals surface area (Å²) in [5.41, 5.74) is -0.0514. The monoisotopic (exact) mass is 271 g/mol. The molecule has 0 aliphatic rings. The fourth-order valence-corrected chi connectivity index (χ4v) is 1.65. The van der Waals surface area contributed by atoms with Gasteiger partial charge < -0.3 is 4.98 Å². The third kappa shape index (κ3) is 1.36. The molecule has 0 saturated heterocycles. The van der Waals surface area contributed by atoms with Crippen molar-refractivity contribution in [3.63, 3.8) is 0 Å². The molecule has 12 heavy (non-hydrogen) atoms. The Kier molecular flexibility index (Phi) is 1.88. The number of hydrogen-bond acceptors (Lipinski definition) is 1. The van der Waals surface area contributed by atoms with Crippen LogP contribution in [0.4, 0.5) is 0 Å². The molecule has 3 heteroatoms. The van der Waals surface area contributed by atoms with Gasteiger partial charge in [0.05, 0.1) is 0 Å². The number of nitrogens with one attached hydrogen (secondary N) is 1. The maximum absolute atomic E-state index is 10.9. The second-order valence-electron chi connectivity index (χ2n) is 2.57. The summed E-state index contributed by atoms with van der Waals surface area (Å²) in [6.45, 7) is 0. The molecule has 0 fully saturated rings. The highest BCUT2D eigenvalue weighted by atomic mass is 127. The molecule has 0 atom stereocenters. The lowest BCUT2D eigenvalue weighted by atomic mass is 10.2. The Morgan fingerprint density at radius 3 is 2.83 bits per heavy atom. The molecule has 60 valence electrons. The van der Waals surface area contributed by atoms with Crippen LogP contribution in [0.25, 0.3) is 10.8 Å². The third-order valence-corrected chi connectivity index (χ3v) is 2.38. The Bertz CT molecular complexity index is 475. The summed E-state index contributed by atoms with van der Waals surface area (Å²) < 4.78 is 1.14. The van der Waals surface area contributed by atoms with E-state index >= 15 is 0 Å². The largest absolute Gasteiger partial charge is 0.328 e. The first-order valence-electron chi connectivity index (χ1n) is 3.54. The molecule has 0 radical (unpaired) electrons. The van der Waals surface area contributed by atoms with E-state index in [9.17, 15) is 4.79 Å². The van der Waals surface area contributed by atoms with Gasteiger partial charge in [0.25, 0.3) is 0 Å². The molecule has 0 aliphatic carbocycles. The Labute approximate surface area is 82.8 Å². The smallest absolute Gasteiger partial charge is 0.248 e. The van der Waals surface area contributed by atoms with E-state index in [0.29, 0.717) is 0 Å². The fourth-order valence-electron chi connectivity index (χ4n) is 1.13. The van der Waals surface area contributed by atoms with Crippen molar-refractivity contribution in [3.05, 3.63) is 44.4 Å². The summed E-state index contributed by atoms with van der Waals surface area (Å²) >= 11 is 2.23. The molecule has 2 rings (SSSR count).